The van der Waals surface area contributed by atoms with E-state index in [4.69, 9.17) is 9.97 Å². The van der Waals surface area contributed by atoms with Gasteiger partial charge in [-0.1, -0.05) is 165 Å². The Morgan fingerprint density at radius 2 is 0.704 bits per heavy atom. The molecule has 54 heavy (non-hydrogen) atoms. The van der Waals surface area contributed by atoms with Gasteiger partial charge in [-0.05, 0) is 79.5 Å². The van der Waals surface area contributed by atoms with Gasteiger partial charge in [0.2, 0.25) is 0 Å². The molecule has 8 aromatic carbocycles. The molecule has 2 nitrogen and oxygen atoms in total. The normalized spacial score (nSPS) is 13.2. The molecule has 0 atom stereocenters. The predicted molar refractivity (Wildman–Crippen MR) is 226 cm³/mol. The first-order valence-electron chi connectivity index (χ1n) is 18.3. The summed E-state index contributed by atoms with van der Waals surface area (Å²) in [7, 11) is 0. The van der Waals surface area contributed by atoms with Crippen LogP contribution in [0.1, 0.15) is 29.7 Å². The van der Waals surface area contributed by atoms with Gasteiger partial charge in [-0.25, -0.2) is 9.97 Å². The van der Waals surface area contributed by atoms with Crippen molar-refractivity contribution in [3.05, 3.63) is 204 Å². The summed E-state index contributed by atoms with van der Waals surface area (Å²) in [5, 5.41) is 7.07. The molecule has 2 aliphatic rings. The number of benzene rings is 8. The van der Waals surface area contributed by atoms with Gasteiger partial charge in [-0.3, -0.25) is 0 Å². The SMILES string of the molecule is C.c1ccc2c(c1)-c1ccc(-c3ccc4ccc5ccccc5c4n3)cc1C21c2ccccc2-c2ccc(-c3ccc4ccc5ccccc5c4n3)cc21. The third-order valence-electron chi connectivity index (χ3n) is 11.9. The van der Waals surface area contributed by atoms with Crippen molar-refractivity contribution in [1.82, 2.24) is 9.97 Å². The Balaban J connectivity index is 0.00000341. The second-order valence-corrected chi connectivity index (χ2v) is 14.5. The fraction of sp³-hybridized carbons (Fsp3) is 0.0385. The summed E-state index contributed by atoms with van der Waals surface area (Å²) in [6, 6.07) is 66.6. The number of fused-ring (bicyclic) bond motifs is 16. The van der Waals surface area contributed by atoms with Crippen molar-refractivity contribution in [3.63, 3.8) is 0 Å². The maximum Gasteiger partial charge on any atom is 0.0787 e. The molecule has 10 aromatic rings. The first kappa shape index (κ1) is 30.7. The maximum atomic E-state index is 5.34. The van der Waals surface area contributed by atoms with Crippen LogP contribution >= 0.6 is 0 Å². The van der Waals surface area contributed by atoms with Crippen molar-refractivity contribution in [2.24, 2.45) is 0 Å². The molecule has 0 fully saturated rings. The van der Waals surface area contributed by atoms with Gasteiger partial charge in [0.05, 0.1) is 27.8 Å². The monoisotopic (exact) mass is 686 g/mol. The van der Waals surface area contributed by atoms with Crippen LogP contribution in [-0.2, 0) is 5.41 Å². The molecular weight excluding hydrogens is 653 g/mol. The zero-order valence-corrected chi connectivity index (χ0v) is 28.7. The summed E-state index contributed by atoms with van der Waals surface area (Å²) in [4.78, 5) is 10.7. The number of aromatic nitrogens is 2. The summed E-state index contributed by atoms with van der Waals surface area (Å²) in [5.41, 5.74) is 16.2. The van der Waals surface area contributed by atoms with Crippen molar-refractivity contribution in [3.8, 4) is 44.8 Å². The number of rotatable bonds is 2. The second kappa shape index (κ2) is 11.3. The Morgan fingerprint density at radius 3 is 1.20 bits per heavy atom. The Morgan fingerprint density at radius 1 is 0.315 bits per heavy atom. The molecule has 2 heterocycles. The highest BCUT2D eigenvalue weighted by atomic mass is 14.7. The van der Waals surface area contributed by atoms with Crippen molar-refractivity contribution in [2.45, 2.75) is 12.8 Å². The third kappa shape index (κ3) is 4.05. The van der Waals surface area contributed by atoms with Crippen molar-refractivity contribution < 1.29 is 0 Å². The van der Waals surface area contributed by atoms with Crippen molar-refractivity contribution >= 4 is 43.4 Å². The third-order valence-corrected chi connectivity index (χ3v) is 11.9. The molecule has 0 bridgehead atoms. The Kier molecular flexibility index (Phi) is 6.42. The average molecular weight is 687 g/mol. The lowest BCUT2D eigenvalue weighted by molar-refractivity contribution is 0.794. The van der Waals surface area contributed by atoms with Crippen LogP contribution in [-0.4, -0.2) is 9.97 Å². The molecule has 2 aliphatic carbocycles. The van der Waals surface area contributed by atoms with Crippen LogP contribution < -0.4 is 0 Å². The molecule has 0 saturated heterocycles. The first-order valence-corrected chi connectivity index (χ1v) is 18.3. The Hall–Kier alpha value is -6.90. The van der Waals surface area contributed by atoms with E-state index in [1.165, 1.54) is 66.1 Å². The van der Waals surface area contributed by atoms with E-state index in [0.717, 1.165) is 44.3 Å². The molecule has 252 valence electrons. The highest BCUT2D eigenvalue weighted by Crippen LogP contribution is 2.63. The number of pyridine rings is 2. The summed E-state index contributed by atoms with van der Waals surface area (Å²) >= 11 is 0. The van der Waals surface area contributed by atoms with Gasteiger partial charge in [0.1, 0.15) is 0 Å². The van der Waals surface area contributed by atoms with Crippen molar-refractivity contribution in [2.75, 3.05) is 0 Å². The summed E-state index contributed by atoms with van der Waals surface area (Å²) in [5.74, 6) is 0. The van der Waals surface area contributed by atoms with Crippen LogP contribution in [0.3, 0.4) is 0 Å². The Labute approximate surface area is 314 Å². The molecule has 0 saturated carbocycles. The van der Waals surface area contributed by atoms with E-state index < -0.39 is 5.41 Å². The molecule has 0 aliphatic heterocycles. The van der Waals surface area contributed by atoms with Gasteiger partial charge < -0.3 is 0 Å². The second-order valence-electron chi connectivity index (χ2n) is 14.5. The number of nitrogens with zero attached hydrogens (tertiary/aromatic N) is 2. The molecular formula is C52H34N2. The Bertz CT molecular complexity index is 2970. The largest absolute Gasteiger partial charge is 0.247 e. The zero-order valence-electron chi connectivity index (χ0n) is 28.7. The smallest absolute Gasteiger partial charge is 0.0787 e. The molecule has 2 heteroatoms. The van der Waals surface area contributed by atoms with Crippen LogP contribution in [0.5, 0.6) is 0 Å². The number of hydrogen-bond acceptors (Lipinski definition) is 2. The van der Waals surface area contributed by atoms with E-state index >= 15 is 0 Å². The van der Waals surface area contributed by atoms with E-state index in [0.29, 0.717) is 0 Å². The van der Waals surface area contributed by atoms with Gasteiger partial charge in [-0.2, -0.15) is 0 Å². The summed E-state index contributed by atoms with van der Waals surface area (Å²) in [6.07, 6.45) is 0. The predicted octanol–water partition coefficient (Wildman–Crippen LogP) is 13.4. The van der Waals surface area contributed by atoms with E-state index in [-0.39, 0.29) is 7.43 Å². The highest BCUT2D eigenvalue weighted by Gasteiger charge is 2.51. The fourth-order valence-corrected chi connectivity index (χ4v) is 9.49. The molecule has 0 unspecified atom stereocenters. The number of hydrogen-bond donors (Lipinski definition) is 0. The minimum absolute atomic E-state index is 0. The van der Waals surface area contributed by atoms with E-state index in [1.54, 1.807) is 0 Å². The molecule has 1 spiro atoms. The minimum Gasteiger partial charge on any atom is -0.247 e. The molecule has 12 rings (SSSR count). The maximum absolute atomic E-state index is 5.34. The van der Waals surface area contributed by atoms with Crippen molar-refractivity contribution in [1.29, 1.82) is 0 Å². The van der Waals surface area contributed by atoms with Crippen LogP contribution in [0.15, 0.2) is 182 Å². The lowest BCUT2D eigenvalue weighted by atomic mass is 9.70. The highest BCUT2D eigenvalue weighted by molar-refractivity contribution is 6.07. The van der Waals surface area contributed by atoms with Crippen LogP contribution in [0.4, 0.5) is 0 Å². The van der Waals surface area contributed by atoms with Crippen LogP contribution in [0.2, 0.25) is 0 Å². The summed E-state index contributed by atoms with van der Waals surface area (Å²) < 4.78 is 0. The lowest BCUT2D eigenvalue weighted by Crippen LogP contribution is -2.26. The molecule has 0 amide bonds. The molecule has 0 radical (unpaired) electrons. The average Bonchev–Trinajstić information content (AvgIpc) is 3.70. The van der Waals surface area contributed by atoms with Gasteiger partial charge in [0.15, 0.2) is 0 Å². The zero-order chi connectivity index (χ0) is 34.7. The molecule has 0 N–H and O–H groups in total. The minimum atomic E-state index is -0.489. The topological polar surface area (TPSA) is 25.8 Å². The van der Waals surface area contributed by atoms with Gasteiger partial charge in [0.25, 0.3) is 0 Å². The first-order chi connectivity index (χ1) is 26.3. The standard InChI is InChI=1S/C51H30N2.CH4/c1-3-11-37-31(9-1)17-19-33-23-27-47(52-49(33)37)35-21-25-41-39-13-5-7-15-43(39)51(45(41)29-35)44-16-8-6-14-40(44)42-26-22-36(30-46(42)51)48-28-24-34-20-18-32-10-2-4-12-38(32)50(34)53-48;/h1-30H;1H4. The van der Waals surface area contributed by atoms with E-state index in [2.05, 4.69) is 182 Å². The quantitative estimate of drug-likeness (QED) is 0.169. The van der Waals surface area contributed by atoms with Crippen LogP contribution in [0, 0.1) is 0 Å². The van der Waals surface area contributed by atoms with Gasteiger partial charge in [-0.15, -0.1) is 0 Å². The fourth-order valence-electron chi connectivity index (χ4n) is 9.49. The van der Waals surface area contributed by atoms with Crippen LogP contribution in [0.25, 0.3) is 88.1 Å². The van der Waals surface area contributed by atoms with E-state index in [1.807, 2.05) is 0 Å². The summed E-state index contributed by atoms with van der Waals surface area (Å²) in [6.45, 7) is 0. The lowest BCUT2D eigenvalue weighted by Gasteiger charge is -2.31. The van der Waals surface area contributed by atoms with Gasteiger partial charge in [0, 0.05) is 32.7 Å². The van der Waals surface area contributed by atoms with E-state index in [9.17, 15) is 0 Å². The molecule has 2 aromatic heterocycles. The van der Waals surface area contributed by atoms with Gasteiger partial charge >= 0.3 is 0 Å².